The average molecular weight is 290 g/mol. The third-order valence-electron chi connectivity index (χ3n) is 2.34. The van der Waals surface area contributed by atoms with Gasteiger partial charge in [-0.15, -0.1) is 0 Å². The number of aromatic nitrogens is 1. The fraction of sp³-hybridized carbons (Fsp3) is 0.538. The van der Waals surface area contributed by atoms with Crippen LogP contribution >= 0.6 is 0 Å². The van der Waals surface area contributed by atoms with Gasteiger partial charge in [-0.2, -0.15) is 13.2 Å². The summed E-state index contributed by atoms with van der Waals surface area (Å²) in [5, 5.41) is 2.64. The van der Waals surface area contributed by atoms with Crippen LogP contribution in [0.5, 0.6) is 5.88 Å². The molecule has 20 heavy (non-hydrogen) atoms. The Morgan fingerprint density at radius 2 is 2.00 bits per heavy atom. The van der Waals surface area contributed by atoms with E-state index in [1.54, 1.807) is 32.9 Å². The summed E-state index contributed by atoms with van der Waals surface area (Å²) >= 11 is 0. The smallest absolute Gasteiger partial charge is 0.422 e. The molecule has 0 unspecified atom stereocenters. The van der Waals surface area contributed by atoms with Gasteiger partial charge in [0.1, 0.15) is 0 Å². The SMILES string of the molecule is CC(C)(C)C(=O)NCc1cccnc1OCC(F)(F)F. The van der Waals surface area contributed by atoms with Crippen molar-refractivity contribution in [3.63, 3.8) is 0 Å². The van der Waals surface area contributed by atoms with Crippen LogP contribution in [0.2, 0.25) is 0 Å². The lowest BCUT2D eigenvalue weighted by Crippen LogP contribution is -2.34. The largest absolute Gasteiger partial charge is 0.468 e. The molecule has 1 aromatic rings. The molecule has 0 aliphatic rings. The number of nitrogens with zero attached hydrogens (tertiary/aromatic N) is 1. The molecular formula is C13H17F3N2O2. The Morgan fingerprint density at radius 1 is 1.35 bits per heavy atom. The van der Waals surface area contributed by atoms with Crippen LogP contribution in [0.3, 0.4) is 0 Å². The van der Waals surface area contributed by atoms with Gasteiger partial charge < -0.3 is 10.1 Å². The Kier molecular flexibility index (Phi) is 4.97. The molecule has 0 atom stereocenters. The molecule has 0 fully saturated rings. The number of pyridine rings is 1. The van der Waals surface area contributed by atoms with Crippen molar-refractivity contribution in [1.82, 2.24) is 10.3 Å². The molecule has 0 spiro atoms. The van der Waals surface area contributed by atoms with E-state index in [1.165, 1.54) is 6.20 Å². The van der Waals surface area contributed by atoms with E-state index in [1.807, 2.05) is 0 Å². The molecule has 0 bridgehead atoms. The molecule has 1 aromatic heterocycles. The first-order chi connectivity index (χ1) is 9.09. The van der Waals surface area contributed by atoms with Crippen LogP contribution in [0.4, 0.5) is 13.2 Å². The summed E-state index contributed by atoms with van der Waals surface area (Å²) in [6, 6.07) is 3.13. The fourth-order valence-corrected chi connectivity index (χ4v) is 1.28. The van der Waals surface area contributed by atoms with E-state index in [4.69, 9.17) is 0 Å². The molecule has 0 aliphatic heterocycles. The van der Waals surface area contributed by atoms with Gasteiger partial charge in [-0.3, -0.25) is 4.79 Å². The second-order valence-electron chi connectivity index (χ2n) is 5.30. The maximum Gasteiger partial charge on any atom is 0.422 e. The Labute approximate surface area is 115 Å². The lowest BCUT2D eigenvalue weighted by atomic mass is 9.95. The van der Waals surface area contributed by atoms with Crippen molar-refractivity contribution in [3.05, 3.63) is 23.9 Å². The average Bonchev–Trinajstić information content (AvgIpc) is 2.32. The van der Waals surface area contributed by atoms with E-state index in [2.05, 4.69) is 15.0 Å². The Hall–Kier alpha value is -1.79. The van der Waals surface area contributed by atoms with E-state index >= 15 is 0 Å². The molecule has 7 heteroatoms. The van der Waals surface area contributed by atoms with Gasteiger partial charge in [-0.05, 0) is 6.07 Å². The second kappa shape index (κ2) is 6.11. The number of hydrogen-bond acceptors (Lipinski definition) is 3. The van der Waals surface area contributed by atoms with Crippen LogP contribution in [0.25, 0.3) is 0 Å². The number of halogens is 3. The number of alkyl halides is 3. The van der Waals surface area contributed by atoms with Crippen molar-refractivity contribution in [2.75, 3.05) is 6.61 Å². The van der Waals surface area contributed by atoms with Gasteiger partial charge in [0.25, 0.3) is 0 Å². The first-order valence-corrected chi connectivity index (χ1v) is 6.01. The predicted molar refractivity (Wildman–Crippen MR) is 67.1 cm³/mol. The first-order valence-electron chi connectivity index (χ1n) is 6.01. The molecule has 4 nitrogen and oxygen atoms in total. The van der Waals surface area contributed by atoms with Crippen LogP contribution in [0, 0.1) is 5.41 Å². The lowest BCUT2D eigenvalue weighted by Gasteiger charge is -2.18. The molecule has 1 heterocycles. The number of amides is 1. The van der Waals surface area contributed by atoms with Crippen molar-refractivity contribution < 1.29 is 22.7 Å². The standard InChI is InChI=1S/C13H17F3N2O2/c1-12(2,3)11(19)18-7-9-5-4-6-17-10(9)20-8-13(14,15)16/h4-6H,7-8H2,1-3H3,(H,18,19). The summed E-state index contributed by atoms with van der Waals surface area (Å²) in [5.41, 5.74) is -0.177. The van der Waals surface area contributed by atoms with Gasteiger partial charge in [-0.25, -0.2) is 4.98 Å². The Morgan fingerprint density at radius 3 is 2.55 bits per heavy atom. The first kappa shape index (κ1) is 16.3. The maximum absolute atomic E-state index is 12.1. The van der Waals surface area contributed by atoms with Crippen molar-refractivity contribution in [3.8, 4) is 5.88 Å². The number of carbonyl (C=O) groups is 1. The van der Waals surface area contributed by atoms with Crippen molar-refractivity contribution >= 4 is 5.91 Å². The Balaban J connectivity index is 2.69. The topological polar surface area (TPSA) is 51.2 Å². The van der Waals surface area contributed by atoms with Crippen LogP contribution in [-0.2, 0) is 11.3 Å². The minimum atomic E-state index is -4.43. The zero-order chi connectivity index (χ0) is 15.4. The van der Waals surface area contributed by atoms with E-state index < -0.39 is 18.2 Å². The quantitative estimate of drug-likeness (QED) is 0.927. The van der Waals surface area contributed by atoms with Gasteiger partial charge in [0.15, 0.2) is 6.61 Å². The van der Waals surface area contributed by atoms with Gasteiger partial charge in [0.05, 0.1) is 0 Å². The summed E-state index contributed by atoms with van der Waals surface area (Å²) in [7, 11) is 0. The fourth-order valence-electron chi connectivity index (χ4n) is 1.28. The molecule has 0 aromatic carbocycles. The minimum absolute atomic E-state index is 0.0666. The minimum Gasteiger partial charge on any atom is -0.468 e. The van der Waals surface area contributed by atoms with Crippen LogP contribution in [-0.4, -0.2) is 23.7 Å². The summed E-state index contributed by atoms with van der Waals surface area (Å²) in [6.07, 6.45) is -3.09. The van der Waals surface area contributed by atoms with E-state index in [-0.39, 0.29) is 18.3 Å². The maximum atomic E-state index is 12.1. The zero-order valence-electron chi connectivity index (χ0n) is 11.5. The molecule has 1 rings (SSSR count). The van der Waals surface area contributed by atoms with Gasteiger partial charge in [0, 0.05) is 23.7 Å². The normalized spacial score (nSPS) is 12.1. The number of hydrogen-bond donors (Lipinski definition) is 1. The molecule has 1 N–H and O–H groups in total. The number of nitrogens with one attached hydrogen (secondary N) is 1. The molecule has 1 amide bonds. The van der Waals surface area contributed by atoms with Crippen LogP contribution < -0.4 is 10.1 Å². The zero-order valence-corrected chi connectivity index (χ0v) is 11.5. The highest BCUT2D eigenvalue weighted by Crippen LogP contribution is 2.20. The number of carbonyl (C=O) groups excluding carboxylic acids is 1. The van der Waals surface area contributed by atoms with Crippen molar-refractivity contribution in [2.45, 2.75) is 33.5 Å². The summed E-state index contributed by atoms with van der Waals surface area (Å²) < 4.78 is 41.0. The molecule has 0 saturated carbocycles. The molecule has 0 saturated heterocycles. The monoisotopic (exact) mass is 290 g/mol. The Bertz CT molecular complexity index is 467. The number of ether oxygens (including phenoxy) is 1. The molecular weight excluding hydrogens is 273 g/mol. The van der Waals surface area contributed by atoms with Crippen LogP contribution in [0.15, 0.2) is 18.3 Å². The molecule has 0 radical (unpaired) electrons. The second-order valence-corrected chi connectivity index (χ2v) is 5.30. The number of rotatable bonds is 4. The molecule has 0 aliphatic carbocycles. The van der Waals surface area contributed by atoms with E-state index in [0.717, 1.165) is 0 Å². The third-order valence-corrected chi connectivity index (χ3v) is 2.34. The highest BCUT2D eigenvalue weighted by molar-refractivity contribution is 5.81. The van der Waals surface area contributed by atoms with E-state index in [9.17, 15) is 18.0 Å². The van der Waals surface area contributed by atoms with Crippen molar-refractivity contribution in [2.24, 2.45) is 5.41 Å². The molecule has 112 valence electrons. The third kappa shape index (κ3) is 5.46. The van der Waals surface area contributed by atoms with Gasteiger partial charge >= 0.3 is 6.18 Å². The predicted octanol–water partition coefficient (Wildman–Crippen LogP) is 2.69. The van der Waals surface area contributed by atoms with Gasteiger partial charge in [-0.1, -0.05) is 26.8 Å². The highest BCUT2D eigenvalue weighted by Gasteiger charge is 2.29. The summed E-state index contributed by atoms with van der Waals surface area (Å²) in [4.78, 5) is 15.5. The van der Waals surface area contributed by atoms with Gasteiger partial charge in [0.2, 0.25) is 11.8 Å². The van der Waals surface area contributed by atoms with Crippen LogP contribution in [0.1, 0.15) is 26.3 Å². The summed E-state index contributed by atoms with van der Waals surface area (Å²) in [6.45, 7) is 3.88. The lowest BCUT2D eigenvalue weighted by molar-refractivity contribution is -0.154. The summed E-state index contributed by atoms with van der Waals surface area (Å²) in [5.74, 6) is -0.331. The van der Waals surface area contributed by atoms with E-state index in [0.29, 0.717) is 5.56 Å². The van der Waals surface area contributed by atoms with Crippen molar-refractivity contribution in [1.29, 1.82) is 0 Å². The highest BCUT2D eigenvalue weighted by atomic mass is 19.4.